The standard InChI is InChI=1S/C20H16N4O/c1-20(12-13-6-8-21-9-7-13)15-5-3-2-4-14(15)16-17(20)24-11-10-22-18(24)19(25)23-16/h2-11H,12H2,1H3,(H,23,25). The third-order valence-corrected chi connectivity index (χ3v) is 5.18. The van der Waals surface area contributed by atoms with E-state index in [9.17, 15) is 4.79 Å². The van der Waals surface area contributed by atoms with E-state index >= 15 is 0 Å². The zero-order valence-corrected chi connectivity index (χ0v) is 13.7. The highest BCUT2D eigenvalue weighted by Crippen LogP contribution is 2.48. The van der Waals surface area contributed by atoms with E-state index < -0.39 is 0 Å². The first-order valence-electron chi connectivity index (χ1n) is 8.27. The molecule has 3 aromatic heterocycles. The van der Waals surface area contributed by atoms with Crippen LogP contribution in [0.1, 0.15) is 23.7 Å². The molecule has 1 aliphatic rings. The Labute approximate surface area is 144 Å². The number of hydrogen-bond donors (Lipinski definition) is 1. The first-order chi connectivity index (χ1) is 12.2. The predicted molar refractivity (Wildman–Crippen MR) is 95.6 cm³/mol. The summed E-state index contributed by atoms with van der Waals surface area (Å²) in [7, 11) is 0. The molecule has 0 spiro atoms. The van der Waals surface area contributed by atoms with Crippen LogP contribution in [0.15, 0.2) is 66.0 Å². The van der Waals surface area contributed by atoms with Crippen LogP contribution in [0.5, 0.6) is 0 Å². The smallest absolute Gasteiger partial charge is 0.292 e. The van der Waals surface area contributed by atoms with Gasteiger partial charge >= 0.3 is 0 Å². The molecule has 0 amide bonds. The van der Waals surface area contributed by atoms with Gasteiger partial charge in [-0.1, -0.05) is 24.3 Å². The Balaban J connectivity index is 1.86. The molecule has 1 aromatic carbocycles. The van der Waals surface area contributed by atoms with Crippen molar-refractivity contribution in [2.45, 2.75) is 18.8 Å². The highest BCUT2D eigenvalue weighted by Gasteiger charge is 2.42. The van der Waals surface area contributed by atoms with E-state index in [1.54, 1.807) is 6.20 Å². The maximum absolute atomic E-state index is 12.4. The van der Waals surface area contributed by atoms with Crippen molar-refractivity contribution in [3.05, 3.63) is 88.4 Å². The molecule has 1 unspecified atom stereocenters. The van der Waals surface area contributed by atoms with Crippen LogP contribution < -0.4 is 5.56 Å². The number of H-pyrrole nitrogens is 1. The summed E-state index contributed by atoms with van der Waals surface area (Å²) in [5.74, 6) is 0. The number of nitrogens with one attached hydrogen (secondary N) is 1. The van der Waals surface area contributed by atoms with E-state index in [0.29, 0.717) is 5.65 Å². The molecular formula is C20H16N4O. The number of nitrogens with zero attached hydrogens (tertiary/aromatic N) is 3. The van der Waals surface area contributed by atoms with Crippen LogP contribution in [0.4, 0.5) is 0 Å². The molecule has 0 aliphatic heterocycles. The minimum absolute atomic E-state index is 0.160. The Morgan fingerprint density at radius 3 is 2.76 bits per heavy atom. The summed E-state index contributed by atoms with van der Waals surface area (Å²) >= 11 is 0. The lowest BCUT2D eigenvalue weighted by Crippen LogP contribution is -2.28. The molecule has 0 fully saturated rings. The summed E-state index contributed by atoms with van der Waals surface area (Å²) in [6.45, 7) is 2.23. The monoisotopic (exact) mass is 328 g/mol. The van der Waals surface area contributed by atoms with Crippen molar-refractivity contribution in [3.8, 4) is 11.3 Å². The third kappa shape index (κ3) is 1.86. The molecule has 0 saturated heterocycles. The molecule has 4 aromatic rings. The maximum atomic E-state index is 12.4. The summed E-state index contributed by atoms with van der Waals surface area (Å²) in [5.41, 5.74) is 5.50. The second-order valence-corrected chi connectivity index (χ2v) is 6.71. The number of hydrogen-bond acceptors (Lipinski definition) is 3. The van der Waals surface area contributed by atoms with E-state index in [0.717, 1.165) is 23.4 Å². The number of aromatic nitrogens is 4. The fourth-order valence-electron chi connectivity index (χ4n) is 4.14. The summed E-state index contributed by atoms with van der Waals surface area (Å²) in [6, 6.07) is 12.4. The van der Waals surface area contributed by atoms with Gasteiger partial charge in [0.05, 0.1) is 11.4 Å². The summed E-state index contributed by atoms with van der Waals surface area (Å²) < 4.78 is 1.94. The van der Waals surface area contributed by atoms with Crippen molar-refractivity contribution < 1.29 is 0 Å². The Hall–Kier alpha value is -3.21. The molecule has 0 radical (unpaired) electrons. The van der Waals surface area contributed by atoms with Gasteiger partial charge in [-0.05, 0) is 36.6 Å². The van der Waals surface area contributed by atoms with Gasteiger partial charge in [-0.2, -0.15) is 0 Å². The zero-order valence-electron chi connectivity index (χ0n) is 13.7. The minimum Gasteiger partial charge on any atom is -0.317 e. The molecule has 1 aliphatic carbocycles. The first-order valence-corrected chi connectivity index (χ1v) is 8.27. The minimum atomic E-state index is -0.267. The number of imidazole rings is 1. The normalized spacial score (nSPS) is 18.3. The molecule has 122 valence electrons. The van der Waals surface area contributed by atoms with Gasteiger partial charge in [0.1, 0.15) is 0 Å². The molecule has 0 bridgehead atoms. The van der Waals surface area contributed by atoms with Gasteiger partial charge in [-0.25, -0.2) is 4.98 Å². The molecule has 3 heterocycles. The topological polar surface area (TPSA) is 63.0 Å². The quantitative estimate of drug-likeness (QED) is 0.615. The molecule has 1 atom stereocenters. The van der Waals surface area contributed by atoms with Crippen molar-refractivity contribution in [3.63, 3.8) is 0 Å². The Bertz CT molecular complexity index is 1160. The van der Waals surface area contributed by atoms with Crippen molar-refractivity contribution in [2.24, 2.45) is 0 Å². The van der Waals surface area contributed by atoms with Crippen LogP contribution >= 0.6 is 0 Å². The van der Waals surface area contributed by atoms with Crippen LogP contribution in [0.2, 0.25) is 0 Å². The second kappa shape index (κ2) is 4.89. The summed E-state index contributed by atoms with van der Waals surface area (Å²) in [6.07, 6.45) is 8.01. The lowest BCUT2D eigenvalue weighted by Gasteiger charge is -2.27. The van der Waals surface area contributed by atoms with E-state index in [1.165, 1.54) is 11.1 Å². The van der Waals surface area contributed by atoms with Gasteiger partial charge < -0.3 is 4.98 Å². The molecule has 5 nitrogen and oxygen atoms in total. The highest BCUT2D eigenvalue weighted by atomic mass is 16.1. The largest absolute Gasteiger partial charge is 0.317 e. The molecule has 1 N–H and O–H groups in total. The summed E-state index contributed by atoms with van der Waals surface area (Å²) in [4.78, 5) is 23.9. The van der Waals surface area contributed by atoms with Gasteiger partial charge in [0, 0.05) is 35.8 Å². The highest BCUT2D eigenvalue weighted by molar-refractivity contribution is 5.78. The average molecular weight is 328 g/mol. The van der Waals surface area contributed by atoms with Crippen molar-refractivity contribution in [1.29, 1.82) is 0 Å². The van der Waals surface area contributed by atoms with Gasteiger partial charge in [-0.3, -0.25) is 14.2 Å². The Morgan fingerprint density at radius 2 is 1.92 bits per heavy atom. The third-order valence-electron chi connectivity index (χ3n) is 5.18. The van der Waals surface area contributed by atoms with Gasteiger partial charge in [0.15, 0.2) is 0 Å². The number of aromatic amines is 1. The van der Waals surface area contributed by atoms with E-state index in [2.05, 4.69) is 40.1 Å². The average Bonchev–Trinajstić information content (AvgIpc) is 3.20. The lowest BCUT2D eigenvalue weighted by atomic mass is 9.77. The molecule has 0 saturated carbocycles. The van der Waals surface area contributed by atoms with Crippen LogP contribution in [-0.4, -0.2) is 19.4 Å². The number of rotatable bonds is 2. The number of fused-ring (bicyclic) bond motifs is 5. The van der Waals surface area contributed by atoms with Crippen LogP contribution in [0.25, 0.3) is 16.9 Å². The second-order valence-electron chi connectivity index (χ2n) is 6.71. The molecule has 5 rings (SSSR count). The van der Waals surface area contributed by atoms with Gasteiger partial charge in [0.25, 0.3) is 5.56 Å². The Morgan fingerprint density at radius 1 is 1.12 bits per heavy atom. The molecular weight excluding hydrogens is 312 g/mol. The van der Waals surface area contributed by atoms with Crippen molar-refractivity contribution in [1.82, 2.24) is 19.4 Å². The first kappa shape index (κ1) is 14.2. The van der Waals surface area contributed by atoms with Crippen LogP contribution in [0.3, 0.4) is 0 Å². The van der Waals surface area contributed by atoms with Gasteiger partial charge in [0.2, 0.25) is 5.65 Å². The van der Waals surface area contributed by atoms with Crippen molar-refractivity contribution in [2.75, 3.05) is 0 Å². The zero-order chi connectivity index (χ0) is 17.0. The summed E-state index contributed by atoms with van der Waals surface area (Å²) in [5, 5.41) is 0. The molecule has 25 heavy (non-hydrogen) atoms. The Kier molecular flexibility index (Phi) is 2.77. The molecule has 5 heteroatoms. The fourth-order valence-corrected chi connectivity index (χ4v) is 4.14. The lowest BCUT2D eigenvalue weighted by molar-refractivity contribution is 0.556. The fraction of sp³-hybridized carbons (Fsp3) is 0.150. The predicted octanol–water partition coefficient (Wildman–Crippen LogP) is 2.95. The van der Waals surface area contributed by atoms with E-state index in [1.807, 2.05) is 41.2 Å². The van der Waals surface area contributed by atoms with Crippen LogP contribution in [-0.2, 0) is 11.8 Å². The number of pyridine rings is 1. The number of benzene rings is 1. The van der Waals surface area contributed by atoms with Crippen LogP contribution in [0, 0.1) is 0 Å². The van der Waals surface area contributed by atoms with E-state index in [4.69, 9.17) is 0 Å². The SMILES string of the molecule is CC1(Cc2ccncc2)c2ccccc2-c2[nH]c(=O)c3nccn3c21. The van der Waals surface area contributed by atoms with E-state index in [-0.39, 0.29) is 11.0 Å². The van der Waals surface area contributed by atoms with Crippen molar-refractivity contribution >= 4 is 5.65 Å². The maximum Gasteiger partial charge on any atom is 0.292 e. The van der Waals surface area contributed by atoms with Gasteiger partial charge in [-0.15, -0.1) is 0 Å².